The third-order valence-electron chi connectivity index (χ3n) is 2.81. The van der Waals surface area contributed by atoms with Gasteiger partial charge in [-0.3, -0.25) is 0 Å². The van der Waals surface area contributed by atoms with Crippen LogP contribution < -0.4 is 4.74 Å². The van der Waals surface area contributed by atoms with Crippen LogP contribution in [0.2, 0.25) is 0 Å². The molecule has 1 rings (SSSR count). The van der Waals surface area contributed by atoms with Crippen LogP contribution in [0.25, 0.3) is 0 Å². The topological polar surface area (TPSA) is 65.1 Å². The Bertz CT molecular complexity index is 603. The summed E-state index contributed by atoms with van der Waals surface area (Å²) in [5, 5.41) is 0. The summed E-state index contributed by atoms with van der Waals surface area (Å²) in [6.07, 6.45) is -1.53. The number of nitrogens with zero attached hydrogens (tertiary/aromatic N) is 1. The van der Waals surface area contributed by atoms with Crippen LogP contribution in [0.15, 0.2) is 22.7 Å². The second-order valence-electron chi connectivity index (χ2n) is 7.50. The molecule has 0 unspecified atom stereocenters. The van der Waals surface area contributed by atoms with Crippen molar-refractivity contribution in [3.8, 4) is 5.75 Å². The highest BCUT2D eigenvalue weighted by Crippen LogP contribution is 2.25. The van der Waals surface area contributed by atoms with Gasteiger partial charge in [0.25, 0.3) is 0 Å². The molecule has 0 saturated heterocycles. The van der Waals surface area contributed by atoms with Gasteiger partial charge in [0.1, 0.15) is 17.0 Å². The molecule has 0 aromatic heterocycles. The summed E-state index contributed by atoms with van der Waals surface area (Å²) in [5.41, 5.74) is -0.776. The number of ether oxygens (including phenoxy) is 3. The molecule has 0 aliphatic carbocycles. The molecular weight excluding hydrogens is 390 g/mol. The van der Waals surface area contributed by atoms with Crippen molar-refractivity contribution in [2.75, 3.05) is 7.11 Å². The quantitative estimate of drug-likeness (QED) is 0.684. The number of carbonyl (C=O) groups excluding carboxylic acids is 2. The van der Waals surface area contributed by atoms with Gasteiger partial charge in [-0.25, -0.2) is 14.5 Å². The molecule has 0 saturated carbocycles. The van der Waals surface area contributed by atoms with Gasteiger partial charge in [-0.05, 0) is 65.3 Å². The molecule has 0 radical (unpaired) electrons. The van der Waals surface area contributed by atoms with Gasteiger partial charge in [0, 0.05) is 4.47 Å². The van der Waals surface area contributed by atoms with Crippen LogP contribution in [0.5, 0.6) is 5.75 Å². The lowest BCUT2D eigenvalue weighted by atomic mass is 10.2. The smallest absolute Gasteiger partial charge is 0.420 e. The number of methoxy groups -OCH3 is 1. The molecular formula is C18H26BrNO5. The minimum atomic E-state index is -0.767. The van der Waals surface area contributed by atoms with Crippen LogP contribution in [-0.4, -0.2) is 35.4 Å². The van der Waals surface area contributed by atoms with E-state index < -0.39 is 23.4 Å². The van der Waals surface area contributed by atoms with E-state index in [2.05, 4.69) is 15.9 Å². The summed E-state index contributed by atoms with van der Waals surface area (Å²) in [6.45, 7) is 10.4. The number of hydrogen-bond donors (Lipinski definition) is 0. The predicted molar refractivity (Wildman–Crippen MR) is 98.7 cm³/mol. The Hall–Kier alpha value is -1.76. The van der Waals surface area contributed by atoms with Crippen molar-refractivity contribution in [3.63, 3.8) is 0 Å². The van der Waals surface area contributed by atoms with Gasteiger partial charge in [-0.2, -0.15) is 0 Å². The molecule has 25 heavy (non-hydrogen) atoms. The van der Waals surface area contributed by atoms with E-state index in [9.17, 15) is 9.59 Å². The number of benzene rings is 1. The summed E-state index contributed by atoms with van der Waals surface area (Å²) in [7, 11) is 1.55. The average molecular weight is 416 g/mol. The number of carbonyl (C=O) groups is 2. The highest BCUT2D eigenvalue weighted by atomic mass is 79.9. The van der Waals surface area contributed by atoms with Gasteiger partial charge < -0.3 is 14.2 Å². The maximum absolute atomic E-state index is 12.5. The number of rotatable bonds is 3. The van der Waals surface area contributed by atoms with Crippen molar-refractivity contribution >= 4 is 28.1 Å². The average Bonchev–Trinajstić information content (AvgIpc) is 2.42. The Morgan fingerprint density at radius 2 is 1.48 bits per heavy atom. The van der Waals surface area contributed by atoms with Crippen LogP contribution in [0.3, 0.4) is 0 Å². The fraction of sp³-hybridized carbons (Fsp3) is 0.556. The van der Waals surface area contributed by atoms with Crippen molar-refractivity contribution in [2.45, 2.75) is 59.3 Å². The highest BCUT2D eigenvalue weighted by molar-refractivity contribution is 9.10. The summed E-state index contributed by atoms with van der Waals surface area (Å²) in [6, 6.07) is 5.31. The van der Waals surface area contributed by atoms with Crippen LogP contribution >= 0.6 is 15.9 Å². The monoisotopic (exact) mass is 415 g/mol. The summed E-state index contributed by atoms with van der Waals surface area (Å²) in [5.74, 6) is 0.617. The van der Waals surface area contributed by atoms with Gasteiger partial charge in [0.2, 0.25) is 0 Å². The lowest BCUT2D eigenvalue weighted by molar-refractivity contribution is -0.000294. The molecule has 0 N–H and O–H groups in total. The fourth-order valence-corrected chi connectivity index (χ4v) is 2.18. The number of hydrogen-bond acceptors (Lipinski definition) is 5. The van der Waals surface area contributed by atoms with Crippen molar-refractivity contribution in [2.24, 2.45) is 0 Å². The third-order valence-corrected chi connectivity index (χ3v) is 3.58. The van der Waals surface area contributed by atoms with Gasteiger partial charge in [-0.1, -0.05) is 15.9 Å². The summed E-state index contributed by atoms with van der Waals surface area (Å²) >= 11 is 3.42. The first-order valence-corrected chi connectivity index (χ1v) is 8.67. The molecule has 0 atom stereocenters. The first-order valence-electron chi connectivity index (χ1n) is 7.88. The van der Waals surface area contributed by atoms with Crippen LogP contribution in [0, 0.1) is 0 Å². The molecule has 140 valence electrons. The van der Waals surface area contributed by atoms with Crippen molar-refractivity contribution < 1.29 is 23.8 Å². The van der Waals surface area contributed by atoms with E-state index in [1.165, 1.54) is 0 Å². The molecule has 7 heteroatoms. The van der Waals surface area contributed by atoms with E-state index in [0.29, 0.717) is 11.3 Å². The van der Waals surface area contributed by atoms with Gasteiger partial charge in [0.15, 0.2) is 0 Å². The lowest BCUT2D eigenvalue weighted by Gasteiger charge is -2.29. The maximum atomic E-state index is 12.5. The minimum absolute atomic E-state index is 0.0123. The molecule has 0 heterocycles. The standard InChI is InChI=1S/C18H26BrNO5/c1-17(2,3)24-15(21)20(16(22)25-18(4,5)6)11-12-10-13(23-7)8-9-14(12)19/h8-10H,11H2,1-7H3. The first kappa shape index (κ1) is 21.3. The van der Waals surface area contributed by atoms with Gasteiger partial charge in [-0.15, -0.1) is 0 Å². The van der Waals surface area contributed by atoms with Crippen molar-refractivity contribution in [1.82, 2.24) is 4.90 Å². The first-order chi connectivity index (χ1) is 11.3. The molecule has 0 bridgehead atoms. The zero-order chi connectivity index (χ0) is 19.4. The van der Waals surface area contributed by atoms with Crippen LogP contribution in [0.4, 0.5) is 9.59 Å². The number of halogens is 1. The Kier molecular flexibility index (Phi) is 6.88. The lowest BCUT2D eigenvalue weighted by Crippen LogP contribution is -2.43. The number of amides is 2. The van der Waals surface area contributed by atoms with E-state index in [0.717, 1.165) is 9.37 Å². The summed E-state index contributed by atoms with van der Waals surface area (Å²) < 4.78 is 16.6. The Balaban J connectivity index is 3.14. The molecule has 2 amide bonds. The van der Waals surface area contributed by atoms with Crippen molar-refractivity contribution in [1.29, 1.82) is 0 Å². The van der Waals surface area contributed by atoms with Crippen molar-refractivity contribution in [3.05, 3.63) is 28.2 Å². The fourth-order valence-electron chi connectivity index (χ4n) is 1.81. The molecule has 0 spiro atoms. The van der Waals surface area contributed by atoms with E-state index in [1.807, 2.05) is 0 Å². The minimum Gasteiger partial charge on any atom is -0.497 e. The normalized spacial score (nSPS) is 11.7. The Morgan fingerprint density at radius 3 is 1.88 bits per heavy atom. The van der Waals surface area contributed by atoms with Gasteiger partial charge >= 0.3 is 12.2 Å². The largest absolute Gasteiger partial charge is 0.497 e. The molecule has 1 aromatic carbocycles. The molecule has 0 aliphatic rings. The summed E-state index contributed by atoms with van der Waals surface area (Å²) in [4.78, 5) is 26.0. The zero-order valence-electron chi connectivity index (χ0n) is 15.8. The van der Waals surface area contributed by atoms with E-state index in [4.69, 9.17) is 14.2 Å². The molecule has 1 aromatic rings. The Morgan fingerprint density at radius 1 is 1.00 bits per heavy atom. The third kappa shape index (κ3) is 7.34. The van der Waals surface area contributed by atoms with Gasteiger partial charge in [0.05, 0.1) is 13.7 Å². The Labute approximate surface area is 157 Å². The van der Waals surface area contributed by atoms with Crippen LogP contribution in [-0.2, 0) is 16.0 Å². The zero-order valence-corrected chi connectivity index (χ0v) is 17.4. The van der Waals surface area contributed by atoms with Crippen LogP contribution in [0.1, 0.15) is 47.1 Å². The second-order valence-corrected chi connectivity index (χ2v) is 8.36. The van der Waals surface area contributed by atoms with E-state index >= 15 is 0 Å². The molecule has 6 nitrogen and oxygen atoms in total. The maximum Gasteiger partial charge on any atom is 0.420 e. The molecule has 0 fully saturated rings. The SMILES string of the molecule is COc1ccc(Br)c(CN(C(=O)OC(C)(C)C)C(=O)OC(C)(C)C)c1. The highest BCUT2D eigenvalue weighted by Gasteiger charge is 2.31. The van der Waals surface area contributed by atoms with E-state index in [1.54, 1.807) is 66.9 Å². The second kappa shape index (κ2) is 8.08. The predicted octanol–water partition coefficient (Wildman–Crippen LogP) is 5.13. The van der Waals surface area contributed by atoms with E-state index in [-0.39, 0.29) is 6.54 Å². The number of imide groups is 1. The molecule has 0 aliphatic heterocycles.